The normalized spacial score (nSPS) is 23.5. The van der Waals surface area contributed by atoms with Crippen molar-refractivity contribution in [2.75, 3.05) is 13.1 Å². The van der Waals surface area contributed by atoms with Gasteiger partial charge < -0.3 is 19.1 Å². The molecule has 0 unspecified atom stereocenters. The molecule has 1 aromatic rings. The van der Waals surface area contributed by atoms with Gasteiger partial charge >= 0.3 is 6.09 Å². The third-order valence-electron chi connectivity index (χ3n) is 5.55. The largest absolute Gasteiger partial charge is 0.474 e. The van der Waals surface area contributed by atoms with Crippen molar-refractivity contribution < 1.29 is 19.0 Å². The quantitative estimate of drug-likeness (QED) is 0.751. The van der Waals surface area contributed by atoms with E-state index < -0.39 is 0 Å². The Morgan fingerprint density at radius 1 is 1.00 bits per heavy atom. The van der Waals surface area contributed by atoms with Gasteiger partial charge in [-0.2, -0.15) is 0 Å². The van der Waals surface area contributed by atoms with E-state index in [1.807, 2.05) is 20.8 Å². The zero-order valence-electron chi connectivity index (χ0n) is 17.5. The van der Waals surface area contributed by atoms with Crippen molar-refractivity contribution in [3.05, 3.63) is 11.9 Å². The fraction of sp³-hybridized carbons (Fsp3) is 0.762. The highest BCUT2D eigenvalue weighted by molar-refractivity contribution is 5.67. The van der Waals surface area contributed by atoms with Crippen molar-refractivity contribution >= 4 is 6.09 Å². The second kappa shape index (κ2) is 9.43. The maximum absolute atomic E-state index is 12.0. The Balaban J connectivity index is 1.53. The van der Waals surface area contributed by atoms with Crippen LogP contribution in [0.1, 0.15) is 64.9 Å². The molecular formula is C21H33N3O4. The van der Waals surface area contributed by atoms with Gasteiger partial charge in [-0.3, -0.25) is 0 Å². The molecule has 2 heterocycles. The highest BCUT2D eigenvalue weighted by Crippen LogP contribution is 2.30. The van der Waals surface area contributed by atoms with E-state index in [0.717, 1.165) is 37.2 Å². The minimum Gasteiger partial charge on any atom is -0.474 e. The SMILES string of the molecule is Cc1c(OC2CCC(C)CC2)ncnc1OC1CCN(C(=O)OC(C)C)CC1. The molecule has 0 atom stereocenters. The minimum absolute atomic E-state index is 0.0279. The standard InChI is InChI=1S/C21H33N3O4/c1-14(2)26-21(25)24-11-9-18(10-12-24)28-20-16(4)19(22-13-23-20)27-17-7-5-15(3)6-8-17/h13-15,17-18H,5-12H2,1-4H3. The molecule has 3 rings (SSSR count). The van der Waals surface area contributed by atoms with Crippen LogP contribution in [0.3, 0.4) is 0 Å². The molecular weight excluding hydrogens is 358 g/mol. The molecule has 28 heavy (non-hydrogen) atoms. The molecule has 0 N–H and O–H groups in total. The number of nitrogens with zero attached hydrogens (tertiary/aromatic N) is 3. The lowest BCUT2D eigenvalue weighted by Crippen LogP contribution is -2.42. The predicted octanol–water partition coefficient (Wildman–Crippen LogP) is 4.13. The highest BCUT2D eigenvalue weighted by atomic mass is 16.6. The maximum Gasteiger partial charge on any atom is 0.410 e. The fourth-order valence-electron chi connectivity index (χ4n) is 3.75. The molecule has 0 bridgehead atoms. The van der Waals surface area contributed by atoms with Gasteiger partial charge in [0, 0.05) is 25.9 Å². The van der Waals surface area contributed by atoms with Crippen LogP contribution in [-0.2, 0) is 4.74 Å². The van der Waals surface area contributed by atoms with Crippen molar-refractivity contribution in [3.63, 3.8) is 0 Å². The monoisotopic (exact) mass is 391 g/mol. The summed E-state index contributed by atoms with van der Waals surface area (Å²) < 4.78 is 17.5. The Hall–Kier alpha value is -2.05. The molecule has 1 aromatic heterocycles. The summed E-state index contributed by atoms with van der Waals surface area (Å²) >= 11 is 0. The first-order valence-electron chi connectivity index (χ1n) is 10.5. The first-order chi connectivity index (χ1) is 13.4. The van der Waals surface area contributed by atoms with Gasteiger partial charge in [0.2, 0.25) is 11.8 Å². The Morgan fingerprint density at radius 3 is 2.07 bits per heavy atom. The Morgan fingerprint density at radius 2 is 1.54 bits per heavy atom. The molecule has 0 aromatic carbocycles. The van der Waals surface area contributed by atoms with Crippen molar-refractivity contribution in [2.24, 2.45) is 5.92 Å². The van der Waals surface area contributed by atoms with Crippen molar-refractivity contribution in [1.82, 2.24) is 14.9 Å². The number of likely N-dealkylation sites (tertiary alicyclic amines) is 1. The van der Waals surface area contributed by atoms with Gasteiger partial charge in [-0.1, -0.05) is 6.92 Å². The topological polar surface area (TPSA) is 73.8 Å². The van der Waals surface area contributed by atoms with Gasteiger partial charge in [0.25, 0.3) is 0 Å². The molecule has 1 amide bonds. The van der Waals surface area contributed by atoms with E-state index in [2.05, 4.69) is 16.9 Å². The number of piperidine rings is 1. The van der Waals surface area contributed by atoms with Crippen LogP contribution in [0.15, 0.2) is 6.33 Å². The van der Waals surface area contributed by atoms with Crippen molar-refractivity contribution in [1.29, 1.82) is 0 Å². The van der Waals surface area contributed by atoms with Gasteiger partial charge in [-0.05, 0) is 52.4 Å². The average molecular weight is 392 g/mol. The fourth-order valence-corrected chi connectivity index (χ4v) is 3.75. The first-order valence-corrected chi connectivity index (χ1v) is 10.5. The molecule has 7 heteroatoms. The maximum atomic E-state index is 12.0. The zero-order chi connectivity index (χ0) is 20.1. The second-order valence-electron chi connectivity index (χ2n) is 8.35. The van der Waals surface area contributed by atoms with Crippen LogP contribution >= 0.6 is 0 Å². The molecule has 7 nitrogen and oxygen atoms in total. The molecule has 0 spiro atoms. The summed E-state index contributed by atoms with van der Waals surface area (Å²) in [4.78, 5) is 22.4. The number of amides is 1. The van der Waals surface area contributed by atoms with Gasteiger partial charge in [0.15, 0.2) is 0 Å². The number of aromatic nitrogens is 2. The van der Waals surface area contributed by atoms with Gasteiger partial charge in [-0.15, -0.1) is 0 Å². The lowest BCUT2D eigenvalue weighted by atomic mass is 9.89. The third-order valence-corrected chi connectivity index (χ3v) is 5.55. The third kappa shape index (κ3) is 5.49. The first kappa shape index (κ1) is 20.7. The Bertz CT molecular complexity index is 651. The number of hydrogen-bond acceptors (Lipinski definition) is 6. The Kier molecular flexibility index (Phi) is 6.97. The van der Waals surface area contributed by atoms with Crippen LogP contribution < -0.4 is 9.47 Å². The summed E-state index contributed by atoms with van der Waals surface area (Å²) in [5.41, 5.74) is 0.850. The van der Waals surface area contributed by atoms with Crippen LogP contribution in [0, 0.1) is 12.8 Å². The summed E-state index contributed by atoms with van der Waals surface area (Å²) in [5, 5.41) is 0. The molecule has 1 aliphatic heterocycles. The van der Waals surface area contributed by atoms with Crippen LogP contribution in [0.25, 0.3) is 0 Å². The summed E-state index contributed by atoms with van der Waals surface area (Å²) in [7, 11) is 0. The van der Waals surface area contributed by atoms with E-state index in [4.69, 9.17) is 14.2 Å². The lowest BCUT2D eigenvalue weighted by Gasteiger charge is -2.32. The number of ether oxygens (including phenoxy) is 3. The molecule has 1 saturated heterocycles. The van der Waals surface area contributed by atoms with Crippen LogP contribution in [0.2, 0.25) is 0 Å². The second-order valence-corrected chi connectivity index (χ2v) is 8.35. The van der Waals surface area contributed by atoms with Gasteiger partial charge in [0.1, 0.15) is 18.5 Å². The predicted molar refractivity (Wildman–Crippen MR) is 106 cm³/mol. The van der Waals surface area contributed by atoms with Crippen molar-refractivity contribution in [2.45, 2.75) is 84.5 Å². The molecule has 1 aliphatic carbocycles. The minimum atomic E-state index is -0.246. The van der Waals surface area contributed by atoms with E-state index in [-0.39, 0.29) is 24.4 Å². The van der Waals surface area contributed by atoms with Crippen molar-refractivity contribution in [3.8, 4) is 11.8 Å². The Labute approximate surface area is 167 Å². The van der Waals surface area contributed by atoms with E-state index in [0.29, 0.717) is 24.8 Å². The summed E-state index contributed by atoms with van der Waals surface area (Å²) in [5.74, 6) is 1.99. The molecule has 0 radical (unpaired) electrons. The molecule has 2 aliphatic rings. The summed E-state index contributed by atoms with van der Waals surface area (Å²) in [6.07, 6.45) is 7.50. The van der Waals surface area contributed by atoms with E-state index in [1.165, 1.54) is 19.2 Å². The molecule has 2 fully saturated rings. The number of carbonyl (C=O) groups excluding carboxylic acids is 1. The van der Waals surface area contributed by atoms with Gasteiger partial charge in [0.05, 0.1) is 11.7 Å². The van der Waals surface area contributed by atoms with Gasteiger partial charge in [-0.25, -0.2) is 14.8 Å². The van der Waals surface area contributed by atoms with Crippen LogP contribution in [0.4, 0.5) is 4.79 Å². The number of rotatable bonds is 5. The zero-order valence-corrected chi connectivity index (χ0v) is 17.5. The molecule has 1 saturated carbocycles. The highest BCUT2D eigenvalue weighted by Gasteiger charge is 2.27. The van der Waals surface area contributed by atoms with Crippen LogP contribution in [-0.4, -0.2) is 52.4 Å². The van der Waals surface area contributed by atoms with E-state index in [9.17, 15) is 4.79 Å². The number of hydrogen-bond donors (Lipinski definition) is 0. The van der Waals surface area contributed by atoms with E-state index in [1.54, 1.807) is 4.90 Å². The number of carbonyl (C=O) groups is 1. The summed E-state index contributed by atoms with van der Waals surface area (Å²) in [6, 6.07) is 0. The van der Waals surface area contributed by atoms with E-state index >= 15 is 0 Å². The van der Waals surface area contributed by atoms with Crippen LogP contribution in [0.5, 0.6) is 11.8 Å². The molecule has 156 valence electrons. The lowest BCUT2D eigenvalue weighted by molar-refractivity contribution is 0.0503. The average Bonchev–Trinajstić information content (AvgIpc) is 2.67. The smallest absolute Gasteiger partial charge is 0.410 e. The summed E-state index contributed by atoms with van der Waals surface area (Å²) in [6.45, 7) is 9.23.